The molecule has 52 valence electrons. The van der Waals surface area contributed by atoms with Gasteiger partial charge < -0.3 is 9.64 Å². The van der Waals surface area contributed by atoms with E-state index >= 15 is 0 Å². The minimum Gasteiger partial charge on any atom is -0.317 e. The Bertz CT molecular complexity index is 102. The highest BCUT2D eigenvalue weighted by Crippen LogP contribution is 1.71. The minimum atomic E-state index is 0.255. The van der Waals surface area contributed by atoms with Gasteiger partial charge in [-0.25, -0.2) is 6.57 Å². The predicted octanol–water partition coefficient (Wildman–Crippen LogP) is 1.91. The summed E-state index contributed by atoms with van der Waals surface area (Å²) >= 11 is 0. The first-order valence-electron chi connectivity index (χ1n) is 3.01. The third-order valence-electron chi connectivity index (χ3n) is 0.656. The molecule has 0 heterocycles. The highest BCUT2D eigenvalue weighted by molar-refractivity contribution is 5.74. The molecule has 0 spiro atoms. The van der Waals surface area contributed by atoms with E-state index in [0.717, 1.165) is 0 Å². The Morgan fingerprint density at radius 1 is 1.56 bits per heavy atom. The van der Waals surface area contributed by atoms with Crippen LogP contribution in [0.4, 0.5) is 0 Å². The van der Waals surface area contributed by atoms with Gasteiger partial charge in [-0.15, -0.1) is 0 Å². The van der Waals surface area contributed by atoms with E-state index in [9.17, 15) is 4.79 Å². The molecule has 9 heavy (non-hydrogen) atoms. The molecule has 0 unspecified atom stereocenters. The van der Waals surface area contributed by atoms with Crippen LogP contribution in [0.1, 0.15) is 27.2 Å². The van der Waals surface area contributed by atoms with Crippen molar-refractivity contribution in [3.05, 3.63) is 11.4 Å². The highest BCUT2D eigenvalue weighted by Gasteiger charge is 1.76. The summed E-state index contributed by atoms with van der Waals surface area (Å²) in [7, 11) is 0. The van der Waals surface area contributed by atoms with Gasteiger partial charge in [-0.1, -0.05) is 6.92 Å². The van der Waals surface area contributed by atoms with Gasteiger partial charge in [0.1, 0.15) is 5.78 Å². The molecule has 0 aromatic heterocycles. The van der Waals surface area contributed by atoms with Crippen LogP contribution in [-0.4, -0.2) is 12.3 Å². The van der Waals surface area contributed by atoms with Gasteiger partial charge in [0.25, 0.3) is 0 Å². The molecule has 0 bridgehead atoms. The van der Waals surface area contributed by atoms with Crippen LogP contribution in [-0.2, 0) is 4.79 Å². The largest absolute Gasteiger partial charge is 0.317 e. The highest BCUT2D eigenvalue weighted by atomic mass is 16.1. The molecule has 0 rings (SSSR count). The molecular formula is C7H13NO. The summed E-state index contributed by atoms with van der Waals surface area (Å²) in [6.07, 6.45) is 0.667. The van der Waals surface area contributed by atoms with E-state index in [1.165, 1.54) is 0 Å². The Morgan fingerprint density at radius 3 is 1.78 bits per heavy atom. The minimum absolute atomic E-state index is 0.255. The lowest BCUT2D eigenvalue weighted by Crippen LogP contribution is -1.80. The van der Waals surface area contributed by atoms with Gasteiger partial charge in [0.2, 0.25) is 6.54 Å². The van der Waals surface area contributed by atoms with E-state index in [1.54, 1.807) is 6.92 Å². The number of ketones is 1. The maximum absolute atomic E-state index is 9.81. The van der Waals surface area contributed by atoms with Gasteiger partial charge in [0.15, 0.2) is 0 Å². The van der Waals surface area contributed by atoms with Gasteiger partial charge in [-0.3, -0.25) is 0 Å². The third-order valence-corrected chi connectivity index (χ3v) is 0.656. The fourth-order valence-corrected chi connectivity index (χ4v) is 0. The number of hydrogen-bond acceptors (Lipinski definition) is 1. The first-order valence-corrected chi connectivity index (χ1v) is 3.01. The molecule has 0 amide bonds. The van der Waals surface area contributed by atoms with Gasteiger partial charge >= 0.3 is 0 Å². The van der Waals surface area contributed by atoms with Crippen molar-refractivity contribution in [1.82, 2.24) is 0 Å². The molecule has 0 aromatic rings. The van der Waals surface area contributed by atoms with E-state index in [-0.39, 0.29) is 5.78 Å². The molecule has 0 aliphatic heterocycles. The third kappa shape index (κ3) is 40.9. The lowest BCUT2D eigenvalue weighted by molar-refractivity contribution is -0.116. The Labute approximate surface area is 56.7 Å². The summed E-state index contributed by atoms with van der Waals surface area (Å²) in [6, 6.07) is 0. The normalized spacial score (nSPS) is 6.44. The van der Waals surface area contributed by atoms with Crippen molar-refractivity contribution in [1.29, 1.82) is 0 Å². The fourth-order valence-electron chi connectivity index (χ4n) is 0. The van der Waals surface area contributed by atoms with Gasteiger partial charge in [0, 0.05) is 13.3 Å². The molecule has 2 heteroatoms. The standard InChI is InChI=1S/C4H8O.C3H5N/c1-3-4(2)5;1-3-4-2/h3H2,1-2H3;3H2,1H3. The van der Waals surface area contributed by atoms with Crippen LogP contribution in [0.15, 0.2) is 0 Å². The number of carbonyl (C=O) groups excluding carboxylic acids is 1. The van der Waals surface area contributed by atoms with E-state index in [0.29, 0.717) is 13.0 Å². The van der Waals surface area contributed by atoms with Crippen LogP contribution in [0.2, 0.25) is 0 Å². The average molecular weight is 127 g/mol. The maximum Gasteiger partial charge on any atom is 0.211 e. The fraction of sp³-hybridized carbons (Fsp3) is 0.714. The monoisotopic (exact) mass is 127 g/mol. The van der Waals surface area contributed by atoms with Crippen molar-refractivity contribution in [3.8, 4) is 0 Å². The van der Waals surface area contributed by atoms with Crippen molar-refractivity contribution in [2.75, 3.05) is 6.54 Å². The zero-order valence-electron chi connectivity index (χ0n) is 6.27. The van der Waals surface area contributed by atoms with Crippen LogP contribution < -0.4 is 0 Å². The first kappa shape index (κ1) is 11.0. The van der Waals surface area contributed by atoms with E-state index < -0.39 is 0 Å². The van der Waals surface area contributed by atoms with Crippen molar-refractivity contribution < 1.29 is 4.79 Å². The summed E-state index contributed by atoms with van der Waals surface area (Å²) in [5.41, 5.74) is 0. The molecule has 0 atom stereocenters. The number of carbonyl (C=O) groups is 1. The molecule has 0 N–H and O–H groups in total. The Kier molecular flexibility index (Phi) is 12.5. The SMILES string of the molecule is CCC(C)=O.[C-]#[N+]CC. The predicted molar refractivity (Wildman–Crippen MR) is 38.1 cm³/mol. The zero-order chi connectivity index (χ0) is 7.70. The van der Waals surface area contributed by atoms with Crippen LogP contribution in [0.3, 0.4) is 0 Å². The number of hydrogen-bond donors (Lipinski definition) is 0. The zero-order valence-corrected chi connectivity index (χ0v) is 6.27. The van der Waals surface area contributed by atoms with Gasteiger partial charge in [-0.05, 0) is 6.92 Å². The summed E-state index contributed by atoms with van der Waals surface area (Å²) in [5, 5.41) is 0. The smallest absolute Gasteiger partial charge is 0.211 e. The number of nitrogens with zero attached hydrogens (tertiary/aromatic N) is 1. The lowest BCUT2D eigenvalue weighted by Gasteiger charge is -1.71. The summed E-state index contributed by atoms with van der Waals surface area (Å²) in [6.45, 7) is 11.9. The summed E-state index contributed by atoms with van der Waals surface area (Å²) < 4.78 is 0. The Hall–Kier alpha value is -0.840. The lowest BCUT2D eigenvalue weighted by atomic mass is 10.4. The second kappa shape index (κ2) is 10.2. The molecule has 0 fully saturated rings. The molecule has 0 aliphatic carbocycles. The van der Waals surface area contributed by atoms with Gasteiger partial charge in [-0.2, -0.15) is 0 Å². The van der Waals surface area contributed by atoms with Gasteiger partial charge in [0.05, 0.1) is 0 Å². The molecule has 0 radical (unpaired) electrons. The van der Waals surface area contributed by atoms with Crippen LogP contribution in [0, 0.1) is 6.57 Å². The van der Waals surface area contributed by atoms with Crippen LogP contribution in [0.25, 0.3) is 4.85 Å². The van der Waals surface area contributed by atoms with Crippen molar-refractivity contribution in [3.63, 3.8) is 0 Å². The molecule has 0 aromatic carbocycles. The summed E-state index contributed by atoms with van der Waals surface area (Å²) in [5.74, 6) is 0.255. The molecule has 2 nitrogen and oxygen atoms in total. The second-order valence-electron chi connectivity index (χ2n) is 1.53. The van der Waals surface area contributed by atoms with E-state index in [1.807, 2.05) is 13.8 Å². The maximum atomic E-state index is 9.81. The van der Waals surface area contributed by atoms with E-state index in [4.69, 9.17) is 6.57 Å². The quantitative estimate of drug-likeness (QED) is 0.493. The summed E-state index contributed by atoms with van der Waals surface area (Å²) in [4.78, 5) is 12.8. The van der Waals surface area contributed by atoms with Crippen molar-refractivity contribution >= 4 is 5.78 Å². The van der Waals surface area contributed by atoms with E-state index in [2.05, 4.69) is 4.85 Å². The Morgan fingerprint density at radius 2 is 1.78 bits per heavy atom. The number of rotatable bonds is 1. The van der Waals surface area contributed by atoms with Crippen molar-refractivity contribution in [2.24, 2.45) is 0 Å². The second-order valence-corrected chi connectivity index (χ2v) is 1.53. The molecule has 0 saturated heterocycles. The van der Waals surface area contributed by atoms with Crippen LogP contribution in [0.5, 0.6) is 0 Å². The molecule has 0 saturated carbocycles. The molecule has 0 aliphatic rings. The van der Waals surface area contributed by atoms with Crippen LogP contribution >= 0.6 is 0 Å². The Balaban J connectivity index is 0. The average Bonchev–Trinajstić information content (AvgIpc) is 1.89. The molecular weight excluding hydrogens is 114 g/mol. The first-order chi connectivity index (χ1) is 4.18. The van der Waals surface area contributed by atoms with Crippen molar-refractivity contribution in [2.45, 2.75) is 27.2 Å². The number of Topliss-reactive ketones (excluding diaryl/α,β-unsaturated/α-hetero) is 1. The topological polar surface area (TPSA) is 21.4 Å².